The predicted octanol–water partition coefficient (Wildman–Crippen LogP) is 2.16. The Bertz CT molecular complexity index is 851. The second-order valence-corrected chi connectivity index (χ2v) is 8.04. The van der Waals surface area contributed by atoms with Crippen LogP contribution in [0.4, 0.5) is 5.69 Å². The summed E-state index contributed by atoms with van der Waals surface area (Å²) in [5.74, 6) is 0.866. The van der Waals surface area contributed by atoms with Crippen molar-refractivity contribution < 1.29 is 14.1 Å². The lowest BCUT2D eigenvalue weighted by Gasteiger charge is -2.24. The minimum Gasteiger partial charge on any atom is -0.371 e. The number of nitrogens with zero attached hydrogens (tertiary/aromatic N) is 3. The number of carbonyl (C=O) groups excluding carboxylic acids is 2. The Balaban J connectivity index is 1.27. The van der Waals surface area contributed by atoms with Crippen molar-refractivity contribution in [3.05, 3.63) is 47.9 Å². The first-order chi connectivity index (χ1) is 14.1. The molecule has 0 aliphatic carbocycles. The number of benzene rings is 1. The highest BCUT2D eigenvalue weighted by molar-refractivity contribution is 5.88. The number of rotatable bonds is 6. The Morgan fingerprint density at radius 3 is 2.79 bits per heavy atom. The van der Waals surface area contributed by atoms with Crippen LogP contribution in [0.15, 0.2) is 40.9 Å². The molecule has 2 aromatic rings. The first-order valence-electron chi connectivity index (χ1n) is 10.4. The molecule has 2 atom stereocenters. The molecule has 2 aliphatic rings. The molecule has 154 valence electrons. The molecule has 2 unspecified atom stereocenters. The molecule has 0 spiro atoms. The largest absolute Gasteiger partial charge is 0.371 e. The summed E-state index contributed by atoms with van der Waals surface area (Å²) < 4.78 is 5.15. The number of hydrogen-bond donors (Lipinski definition) is 1. The second kappa shape index (κ2) is 8.68. The van der Waals surface area contributed by atoms with Crippen molar-refractivity contribution >= 4 is 17.5 Å². The van der Waals surface area contributed by atoms with Gasteiger partial charge in [0.2, 0.25) is 11.8 Å². The maximum atomic E-state index is 12.8. The zero-order valence-electron chi connectivity index (χ0n) is 16.8. The van der Waals surface area contributed by atoms with Gasteiger partial charge in [0.25, 0.3) is 0 Å². The number of nitrogens with one attached hydrogen (secondary N) is 1. The number of amides is 2. The maximum Gasteiger partial charge on any atom is 0.242 e. The van der Waals surface area contributed by atoms with Crippen LogP contribution in [0, 0.1) is 12.8 Å². The molecule has 2 aliphatic heterocycles. The van der Waals surface area contributed by atoms with Gasteiger partial charge in [-0.1, -0.05) is 23.4 Å². The van der Waals surface area contributed by atoms with Gasteiger partial charge in [-0.3, -0.25) is 9.59 Å². The van der Waals surface area contributed by atoms with Gasteiger partial charge in [-0.15, -0.1) is 0 Å². The van der Waals surface area contributed by atoms with Gasteiger partial charge < -0.3 is 19.6 Å². The lowest BCUT2D eigenvalue weighted by atomic mass is 10.1. The minimum atomic E-state index is -0.377. The summed E-state index contributed by atoms with van der Waals surface area (Å²) in [5, 5.41) is 6.92. The van der Waals surface area contributed by atoms with Gasteiger partial charge in [0.1, 0.15) is 11.8 Å². The Labute approximate surface area is 171 Å². The van der Waals surface area contributed by atoms with Crippen molar-refractivity contribution in [2.24, 2.45) is 5.92 Å². The van der Waals surface area contributed by atoms with Crippen molar-refractivity contribution in [1.82, 2.24) is 15.4 Å². The average Bonchev–Trinajstić information content (AvgIpc) is 3.48. The summed E-state index contributed by atoms with van der Waals surface area (Å²) in [6, 6.07) is 11.8. The average molecular weight is 396 g/mol. The van der Waals surface area contributed by atoms with Gasteiger partial charge in [-0.2, -0.15) is 0 Å². The third-order valence-corrected chi connectivity index (χ3v) is 5.85. The normalized spacial score (nSPS) is 21.6. The molecule has 1 aromatic heterocycles. The van der Waals surface area contributed by atoms with Crippen LogP contribution < -0.4 is 10.2 Å². The topological polar surface area (TPSA) is 78.7 Å². The SMILES string of the molecule is Cc1cc(CC(=O)N2CCCC2C(=O)NCC2CCN(c3ccccc3)C2)on1. The quantitative estimate of drug-likeness (QED) is 0.810. The summed E-state index contributed by atoms with van der Waals surface area (Å²) in [6.07, 6.45) is 2.78. The van der Waals surface area contributed by atoms with Gasteiger partial charge >= 0.3 is 0 Å². The number of aromatic nitrogens is 1. The molecule has 7 heteroatoms. The Morgan fingerprint density at radius 1 is 1.21 bits per heavy atom. The van der Waals surface area contributed by atoms with Crippen molar-refractivity contribution in [2.45, 2.75) is 38.6 Å². The lowest BCUT2D eigenvalue weighted by molar-refractivity contribution is -0.138. The van der Waals surface area contributed by atoms with Crippen molar-refractivity contribution in [3.63, 3.8) is 0 Å². The smallest absolute Gasteiger partial charge is 0.242 e. The number of likely N-dealkylation sites (tertiary alicyclic amines) is 1. The fourth-order valence-corrected chi connectivity index (χ4v) is 4.32. The van der Waals surface area contributed by atoms with Crippen LogP contribution in [-0.2, 0) is 16.0 Å². The molecule has 7 nitrogen and oxygen atoms in total. The van der Waals surface area contributed by atoms with E-state index in [9.17, 15) is 9.59 Å². The van der Waals surface area contributed by atoms with Gasteiger partial charge in [0, 0.05) is 37.9 Å². The summed E-state index contributed by atoms with van der Waals surface area (Å²) in [5.41, 5.74) is 1.99. The van der Waals surface area contributed by atoms with E-state index < -0.39 is 0 Å². The Morgan fingerprint density at radius 2 is 2.03 bits per heavy atom. The van der Waals surface area contributed by atoms with Crippen LogP contribution in [0.5, 0.6) is 0 Å². The van der Waals surface area contributed by atoms with Crippen molar-refractivity contribution in [2.75, 3.05) is 31.1 Å². The summed E-state index contributed by atoms with van der Waals surface area (Å²) in [6.45, 7) is 5.06. The summed E-state index contributed by atoms with van der Waals surface area (Å²) in [4.78, 5) is 29.5. The van der Waals surface area contributed by atoms with E-state index in [0.29, 0.717) is 31.2 Å². The first-order valence-corrected chi connectivity index (χ1v) is 10.4. The maximum absolute atomic E-state index is 12.8. The predicted molar refractivity (Wildman–Crippen MR) is 109 cm³/mol. The third kappa shape index (κ3) is 4.60. The van der Waals surface area contributed by atoms with Crippen molar-refractivity contribution in [1.29, 1.82) is 0 Å². The zero-order valence-corrected chi connectivity index (χ0v) is 16.8. The summed E-state index contributed by atoms with van der Waals surface area (Å²) in [7, 11) is 0. The number of para-hydroxylation sites is 1. The van der Waals surface area contributed by atoms with E-state index >= 15 is 0 Å². The Hall–Kier alpha value is -2.83. The van der Waals surface area contributed by atoms with Crippen LogP contribution in [0.3, 0.4) is 0 Å². The van der Waals surface area contributed by atoms with Gasteiger partial charge in [-0.05, 0) is 44.2 Å². The molecule has 2 amide bonds. The fraction of sp³-hybridized carbons (Fsp3) is 0.500. The molecule has 4 rings (SSSR count). The molecule has 0 bridgehead atoms. The number of carbonyl (C=O) groups is 2. The molecule has 3 heterocycles. The number of anilines is 1. The van der Waals surface area contributed by atoms with E-state index in [-0.39, 0.29) is 24.3 Å². The van der Waals surface area contributed by atoms with Crippen LogP contribution in [-0.4, -0.2) is 54.1 Å². The highest BCUT2D eigenvalue weighted by Crippen LogP contribution is 2.24. The highest BCUT2D eigenvalue weighted by atomic mass is 16.5. The molecule has 1 N–H and O–H groups in total. The molecule has 0 saturated carbocycles. The van der Waals surface area contributed by atoms with Crippen LogP contribution in [0.1, 0.15) is 30.7 Å². The van der Waals surface area contributed by atoms with Gasteiger partial charge in [0.15, 0.2) is 0 Å². The highest BCUT2D eigenvalue weighted by Gasteiger charge is 2.34. The lowest BCUT2D eigenvalue weighted by Crippen LogP contribution is -2.47. The fourth-order valence-electron chi connectivity index (χ4n) is 4.32. The minimum absolute atomic E-state index is 0.0391. The van der Waals surface area contributed by atoms with E-state index in [1.54, 1.807) is 11.0 Å². The summed E-state index contributed by atoms with van der Waals surface area (Å²) >= 11 is 0. The number of hydrogen-bond acceptors (Lipinski definition) is 5. The second-order valence-electron chi connectivity index (χ2n) is 8.04. The number of aryl methyl sites for hydroxylation is 1. The standard InChI is InChI=1S/C22H28N4O3/c1-16-12-19(29-24-16)13-21(27)26-10-5-8-20(26)22(28)23-14-17-9-11-25(15-17)18-6-3-2-4-7-18/h2-4,6-7,12,17,20H,5,8-11,13-15H2,1H3,(H,23,28). The van der Waals surface area contributed by atoms with Crippen LogP contribution in [0.2, 0.25) is 0 Å². The van der Waals surface area contributed by atoms with E-state index in [4.69, 9.17) is 4.52 Å². The molecule has 2 fully saturated rings. The van der Waals surface area contributed by atoms with Crippen LogP contribution >= 0.6 is 0 Å². The first kappa shape index (κ1) is 19.5. The monoisotopic (exact) mass is 396 g/mol. The van der Waals surface area contributed by atoms with E-state index in [0.717, 1.165) is 31.6 Å². The van der Waals surface area contributed by atoms with Crippen molar-refractivity contribution in [3.8, 4) is 0 Å². The van der Waals surface area contributed by atoms with E-state index in [2.05, 4.69) is 39.6 Å². The van der Waals surface area contributed by atoms with E-state index in [1.165, 1.54) is 5.69 Å². The molecule has 1 aromatic carbocycles. The van der Waals surface area contributed by atoms with Gasteiger partial charge in [0.05, 0.1) is 12.1 Å². The molecule has 2 saturated heterocycles. The van der Waals surface area contributed by atoms with E-state index in [1.807, 2.05) is 13.0 Å². The van der Waals surface area contributed by atoms with Gasteiger partial charge in [-0.25, -0.2) is 0 Å². The molecule has 29 heavy (non-hydrogen) atoms. The third-order valence-electron chi connectivity index (χ3n) is 5.85. The molecular formula is C22H28N4O3. The Kier molecular flexibility index (Phi) is 5.83. The van der Waals surface area contributed by atoms with Crippen LogP contribution in [0.25, 0.3) is 0 Å². The molecular weight excluding hydrogens is 368 g/mol. The zero-order chi connectivity index (χ0) is 20.2. The molecule has 0 radical (unpaired) electrons.